The third-order valence-electron chi connectivity index (χ3n) is 2.74. The molecule has 0 saturated carbocycles. The molecular weight excluding hydrogens is 431 g/mol. The molecule has 20 heavy (non-hydrogen) atoms. The van der Waals surface area contributed by atoms with Crippen LogP contribution in [0.15, 0.2) is 22.8 Å². The molecule has 2 aromatic rings. The van der Waals surface area contributed by atoms with Gasteiger partial charge in [0.15, 0.2) is 5.82 Å². The van der Waals surface area contributed by atoms with Crippen molar-refractivity contribution in [2.45, 2.75) is 26.7 Å². The predicted molar refractivity (Wildman–Crippen MR) is 93.9 cm³/mol. The minimum atomic E-state index is 0.337. The molecule has 0 amide bonds. The van der Waals surface area contributed by atoms with Gasteiger partial charge >= 0.3 is 0 Å². The molecule has 0 bridgehead atoms. The predicted octanol–water partition coefficient (Wildman–Crippen LogP) is 4.46. The van der Waals surface area contributed by atoms with E-state index >= 15 is 0 Å². The van der Waals surface area contributed by atoms with E-state index in [1.807, 2.05) is 12.1 Å². The zero-order valence-electron chi connectivity index (χ0n) is 11.6. The van der Waals surface area contributed by atoms with Gasteiger partial charge in [0.2, 0.25) is 0 Å². The van der Waals surface area contributed by atoms with Crippen LogP contribution in [0.2, 0.25) is 0 Å². The van der Waals surface area contributed by atoms with Crippen LogP contribution in [0.5, 0.6) is 0 Å². The van der Waals surface area contributed by atoms with Crippen molar-refractivity contribution in [2.24, 2.45) is 0 Å². The molecule has 2 heterocycles. The highest BCUT2D eigenvalue weighted by Gasteiger charge is 2.17. The van der Waals surface area contributed by atoms with Crippen molar-refractivity contribution in [1.29, 1.82) is 0 Å². The highest BCUT2D eigenvalue weighted by Crippen LogP contribution is 2.30. The van der Waals surface area contributed by atoms with Crippen LogP contribution in [-0.2, 0) is 0 Å². The summed E-state index contributed by atoms with van der Waals surface area (Å²) >= 11 is 5.82. The molecular formula is C14H16BrIN4. The quantitative estimate of drug-likeness (QED) is 0.704. The Kier molecular flexibility index (Phi) is 5.31. The molecule has 1 N–H and O–H groups in total. The fourth-order valence-electron chi connectivity index (χ4n) is 1.79. The highest BCUT2D eigenvalue weighted by atomic mass is 127. The van der Waals surface area contributed by atoms with E-state index in [0.717, 1.165) is 31.8 Å². The molecule has 2 rings (SSSR count). The molecule has 0 saturated heterocycles. The first kappa shape index (κ1) is 15.6. The second-order valence-electron chi connectivity index (χ2n) is 4.61. The second-order valence-corrected chi connectivity index (χ2v) is 6.55. The molecule has 6 heteroatoms. The highest BCUT2D eigenvalue weighted by molar-refractivity contribution is 14.1. The molecule has 0 aliphatic heterocycles. The molecule has 4 nitrogen and oxygen atoms in total. The van der Waals surface area contributed by atoms with Gasteiger partial charge in [-0.1, -0.05) is 13.8 Å². The molecule has 0 radical (unpaired) electrons. The van der Waals surface area contributed by atoms with E-state index < -0.39 is 0 Å². The fourth-order valence-corrected chi connectivity index (χ4v) is 3.27. The first-order valence-corrected chi connectivity index (χ1v) is 8.34. The Morgan fingerprint density at radius 2 is 2.10 bits per heavy atom. The summed E-state index contributed by atoms with van der Waals surface area (Å²) in [5.41, 5.74) is 1.81. The number of nitrogens with one attached hydrogen (secondary N) is 1. The standard InChI is InChI=1S/C14H16BrIN4/c1-4-17-13-10(16)11(8(2)3)19-14(20-13)12-9(15)6-5-7-18-12/h5-8H,4H2,1-3H3,(H,17,19,20). The van der Waals surface area contributed by atoms with E-state index in [9.17, 15) is 0 Å². The summed E-state index contributed by atoms with van der Waals surface area (Å²) in [6.45, 7) is 7.16. The van der Waals surface area contributed by atoms with Crippen LogP contribution in [0.1, 0.15) is 32.4 Å². The number of aromatic nitrogens is 3. The van der Waals surface area contributed by atoms with Gasteiger partial charge in [0, 0.05) is 17.2 Å². The van der Waals surface area contributed by atoms with Crippen molar-refractivity contribution in [2.75, 3.05) is 11.9 Å². The summed E-state index contributed by atoms with van der Waals surface area (Å²) < 4.78 is 1.98. The minimum absolute atomic E-state index is 0.337. The van der Waals surface area contributed by atoms with Crippen molar-refractivity contribution in [3.05, 3.63) is 32.1 Å². The van der Waals surface area contributed by atoms with E-state index in [2.05, 4.69) is 74.6 Å². The smallest absolute Gasteiger partial charge is 0.181 e. The van der Waals surface area contributed by atoms with Crippen LogP contribution in [-0.4, -0.2) is 21.5 Å². The Morgan fingerprint density at radius 3 is 2.70 bits per heavy atom. The first-order chi connectivity index (χ1) is 9.54. The number of rotatable bonds is 4. The van der Waals surface area contributed by atoms with Gasteiger partial charge in [-0.15, -0.1) is 0 Å². The van der Waals surface area contributed by atoms with Gasteiger partial charge in [-0.25, -0.2) is 9.97 Å². The third-order valence-corrected chi connectivity index (χ3v) is 4.44. The molecule has 2 aromatic heterocycles. The third kappa shape index (κ3) is 3.28. The van der Waals surface area contributed by atoms with Crippen LogP contribution in [0.3, 0.4) is 0 Å². The first-order valence-electron chi connectivity index (χ1n) is 6.46. The fraction of sp³-hybridized carbons (Fsp3) is 0.357. The maximum Gasteiger partial charge on any atom is 0.181 e. The van der Waals surface area contributed by atoms with E-state index in [1.54, 1.807) is 6.20 Å². The number of pyridine rings is 1. The molecule has 0 aliphatic carbocycles. The zero-order valence-corrected chi connectivity index (χ0v) is 15.4. The number of anilines is 1. The second kappa shape index (κ2) is 6.80. The van der Waals surface area contributed by atoms with Crippen molar-refractivity contribution < 1.29 is 0 Å². The van der Waals surface area contributed by atoms with Gasteiger partial charge in [0.1, 0.15) is 11.5 Å². The Morgan fingerprint density at radius 1 is 1.35 bits per heavy atom. The maximum atomic E-state index is 4.69. The average molecular weight is 447 g/mol. The summed E-state index contributed by atoms with van der Waals surface area (Å²) in [6.07, 6.45) is 1.75. The molecule has 0 aromatic carbocycles. The van der Waals surface area contributed by atoms with Crippen LogP contribution < -0.4 is 5.32 Å². The summed E-state index contributed by atoms with van der Waals surface area (Å²) in [5.74, 6) is 1.86. The Balaban J connectivity index is 2.62. The summed E-state index contributed by atoms with van der Waals surface area (Å²) in [7, 11) is 0. The van der Waals surface area contributed by atoms with Gasteiger partial charge in [0.05, 0.1) is 9.26 Å². The molecule has 0 aliphatic rings. The van der Waals surface area contributed by atoms with Gasteiger partial charge in [0.25, 0.3) is 0 Å². The Labute approximate surface area is 141 Å². The minimum Gasteiger partial charge on any atom is -0.369 e. The van der Waals surface area contributed by atoms with Crippen LogP contribution >= 0.6 is 38.5 Å². The molecule has 106 valence electrons. The monoisotopic (exact) mass is 446 g/mol. The van der Waals surface area contributed by atoms with Crippen molar-refractivity contribution in [3.8, 4) is 11.5 Å². The molecule has 0 fully saturated rings. The van der Waals surface area contributed by atoms with Crippen LogP contribution in [0, 0.1) is 3.57 Å². The van der Waals surface area contributed by atoms with Gasteiger partial charge < -0.3 is 5.32 Å². The molecule has 0 spiro atoms. The normalized spacial score (nSPS) is 10.9. The van der Waals surface area contributed by atoms with Crippen molar-refractivity contribution in [1.82, 2.24) is 15.0 Å². The summed E-state index contributed by atoms with van der Waals surface area (Å²) in [5, 5.41) is 3.30. The Bertz CT molecular complexity index is 616. The van der Waals surface area contributed by atoms with Crippen LogP contribution in [0.25, 0.3) is 11.5 Å². The zero-order chi connectivity index (χ0) is 14.7. The number of hydrogen-bond donors (Lipinski definition) is 1. The lowest BCUT2D eigenvalue weighted by atomic mass is 10.1. The lowest BCUT2D eigenvalue weighted by Crippen LogP contribution is -2.09. The SMILES string of the molecule is CCNc1nc(-c2ncccc2Br)nc(C(C)C)c1I. The maximum absolute atomic E-state index is 4.69. The van der Waals surface area contributed by atoms with Gasteiger partial charge in [-0.3, -0.25) is 4.98 Å². The van der Waals surface area contributed by atoms with Gasteiger partial charge in [-0.2, -0.15) is 0 Å². The van der Waals surface area contributed by atoms with E-state index in [-0.39, 0.29) is 0 Å². The molecule has 0 atom stereocenters. The summed E-state index contributed by atoms with van der Waals surface area (Å²) in [6, 6.07) is 3.83. The molecule has 0 unspecified atom stereocenters. The number of halogens is 2. The average Bonchev–Trinajstić information content (AvgIpc) is 2.41. The van der Waals surface area contributed by atoms with Crippen LogP contribution in [0.4, 0.5) is 5.82 Å². The number of nitrogens with zero attached hydrogens (tertiary/aromatic N) is 3. The largest absolute Gasteiger partial charge is 0.369 e. The van der Waals surface area contributed by atoms with Gasteiger partial charge in [-0.05, 0) is 63.5 Å². The lowest BCUT2D eigenvalue weighted by Gasteiger charge is -2.14. The van der Waals surface area contributed by atoms with E-state index in [4.69, 9.17) is 4.98 Å². The lowest BCUT2D eigenvalue weighted by molar-refractivity contribution is 0.807. The van der Waals surface area contributed by atoms with E-state index in [0.29, 0.717) is 11.7 Å². The van der Waals surface area contributed by atoms with Crippen molar-refractivity contribution in [3.63, 3.8) is 0 Å². The Hall–Kier alpha value is -0.760. The van der Waals surface area contributed by atoms with Crippen molar-refractivity contribution >= 4 is 44.3 Å². The number of hydrogen-bond acceptors (Lipinski definition) is 4. The van der Waals surface area contributed by atoms with E-state index in [1.165, 1.54) is 0 Å². The summed E-state index contributed by atoms with van der Waals surface area (Å²) in [4.78, 5) is 13.7. The topological polar surface area (TPSA) is 50.7 Å².